The molecule has 1 N–H and O–H groups in total. The fraction of sp³-hybridized carbons (Fsp3) is 0.0625. The minimum atomic E-state index is -3.87. The average molecular weight is 377 g/mol. The van der Waals surface area contributed by atoms with Crippen LogP contribution in [-0.4, -0.2) is 29.0 Å². The van der Waals surface area contributed by atoms with Gasteiger partial charge in [-0.2, -0.15) is 5.10 Å². The van der Waals surface area contributed by atoms with Crippen LogP contribution in [0.5, 0.6) is 0 Å². The molecule has 7 nitrogen and oxygen atoms in total. The molecule has 1 heterocycles. The molecule has 0 saturated carbocycles. The Balaban J connectivity index is 1.98. The molecule has 0 unspecified atom stereocenters. The summed E-state index contributed by atoms with van der Waals surface area (Å²) in [7, 11) is -3.87. The first-order valence-electron chi connectivity index (χ1n) is 7.15. The van der Waals surface area contributed by atoms with Gasteiger partial charge in [-0.25, -0.2) is 18.1 Å². The average Bonchev–Trinajstić information content (AvgIpc) is 3.09. The number of Topliss-reactive ketones (excluding diaryl/α,β-unsaturated/α-hetero) is 1. The molecule has 0 saturated heterocycles. The number of hydrogen-bond donors (Lipinski definition) is 1. The molecule has 3 aromatic rings. The van der Waals surface area contributed by atoms with E-state index in [1.165, 1.54) is 54.6 Å². The van der Waals surface area contributed by atoms with Crippen LogP contribution in [0.15, 0.2) is 60.0 Å². The van der Waals surface area contributed by atoms with E-state index in [0.717, 1.165) is 0 Å². The van der Waals surface area contributed by atoms with Crippen molar-refractivity contribution in [2.45, 2.75) is 11.8 Å². The number of nitrogens with zero attached hydrogens (tertiary/aromatic N) is 3. The molecule has 0 bridgehead atoms. The maximum Gasteiger partial charge on any atom is 0.261 e. The number of anilines is 1. The van der Waals surface area contributed by atoms with Crippen LogP contribution < -0.4 is 4.72 Å². The molecule has 0 fully saturated rings. The van der Waals surface area contributed by atoms with E-state index in [9.17, 15) is 13.2 Å². The number of aromatic nitrogens is 3. The first-order chi connectivity index (χ1) is 11.9. The molecule has 9 heteroatoms. The highest BCUT2D eigenvalue weighted by Gasteiger charge is 2.18. The molecule has 0 amide bonds. The number of hydrogen-bond acceptors (Lipinski definition) is 5. The third-order valence-corrected chi connectivity index (χ3v) is 5.06. The molecule has 0 aliphatic carbocycles. The Kier molecular flexibility index (Phi) is 4.56. The van der Waals surface area contributed by atoms with Gasteiger partial charge in [0.25, 0.3) is 10.0 Å². The summed E-state index contributed by atoms with van der Waals surface area (Å²) in [6.07, 6.45) is 2.79. The van der Waals surface area contributed by atoms with E-state index < -0.39 is 10.0 Å². The summed E-state index contributed by atoms with van der Waals surface area (Å²) in [5, 5.41) is 4.37. The molecule has 3 rings (SSSR count). The minimum absolute atomic E-state index is 0.0296. The van der Waals surface area contributed by atoms with Crippen molar-refractivity contribution in [2.24, 2.45) is 0 Å². The number of carbonyl (C=O) groups excluding carboxylic acids is 1. The van der Waals surface area contributed by atoms with Crippen molar-refractivity contribution in [1.29, 1.82) is 0 Å². The standard InChI is InChI=1S/C16H13ClN4O3S/c1-11(22)12-2-5-14(6-3-12)25(23,24)20-15-8-13(17)4-7-16(15)21-10-18-9-19-21/h2-10,20H,1H3. The molecule has 0 spiro atoms. The fourth-order valence-corrected chi connectivity index (χ4v) is 3.43. The third-order valence-electron chi connectivity index (χ3n) is 3.44. The summed E-state index contributed by atoms with van der Waals surface area (Å²) < 4.78 is 29.2. The Labute approximate surface area is 149 Å². The van der Waals surface area contributed by atoms with Gasteiger partial charge in [0.1, 0.15) is 12.7 Å². The summed E-state index contributed by atoms with van der Waals surface area (Å²) >= 11 is 5.99. The van der Waals surface area contributed by atoms with E-state index in [0.29, 0.717) is 16.3 Å². The number of halogens is 1. The largest absolute Gasteiger partial charge is 0.295 e. The van der Waals surface area contributed by atoms with E-state index in [1.807, 2.05) is 0 Å². The first kappa shape index (κ1) is 17.1. The lowest BCUT2D eigenvalue weighted by Gasteiger charge is -2.13. The van der Waals surface area contributed by atoms with E-state index in [4.69, 9.17) is 11.6 Å². The number of benzene rings is 2. The summed E-state index contributed by atoms with van der Waals surface area (Å²) in [4.78, 5) is 15.2. The zero-order valence-electron chi connectivity index (χ0n) is 13.0. The fourth-order valence-electron chi connectivity index (χ4n) is 2.19. The molecule has 0 atom stereocenters. The molecule has 2 aromatic carbocycles. The van der Waals surface area contributed by atoms with Crippen molar-refractivity contribution in [3.63, 3.8) is 0 Å². The molecule has 1 aromatic heterocycles. The molecule has 0 aliphatic heterocycles. The summed E-state index contributed by atoms with van der Waals surface area (Å²) in [6, 6.07) is 10.4. The van der Waals surface area contributed by atoms with Crippen LogP contribution >= 0.6 is 11.6 Å². The van der Waals surface area contributed by atoms with Gasteiger partial charge >= 0.3 is 0 Å². The summed E-state index contributed by atoms with van der Waals surface area (Å²) in [6.45, 7) is 1.41. The lowest BCUT2D eigenvalue weighted by Crippen LogP contribution is -2.15. The van der Waals surface area contributed by atoms with Gasteiger partial charge in [-0.05, 0) is 37.3 Å². The lowest BCUT2D eigenvalue weighted by molar-refractivity contribution is 0.101. The SMILES string of the molecule is CC(=O)c1ccc(S(=O)(=O)Nc2cc(Cl)ccc2-n2cncn2)cc1. The molecule has 0 radical (unpaired) electrons. The van der Waals surface area contributed by atoms with E-state index >= 15 is 0 Å². The van der Waals surface area contributed by atoms with Crippen molar-refractivity contribution < 1.29 is 13.2 Å². The van der Waals surface area contributed by atoms with Crippen LogP contribution in [0.1, 0.15) is 17.3 Å². The Morgan fingerprint density at radius 2 is 1.88 bits per heavy atom. The highest BCUT2D eigenvalue weighted by Crippen LogP contribution is 2.26. The van der Waals surface area contributed by atoms with E-state index in [1.54, 1.807) is 12.1 Å². The number of rotatable bonds is 5. The zero-order valence-corrected chi connectivity index (χ0v) is 14.6. The predicted octanol–water partition coefficient (Wildman–Crippen LogP) is 2.92. The Bertz CT molecular complexity index is 1020. The van der Waals surface area contributed by atoms with Crippen LogP contribution in [0.25, 0.3) is 5.69 Å². The quantitative estimate of drug-likeness (QED) is 0.691. The number of nitrogens with one attached hydrogen (secondary N) is 1. The first-order valence-corrected chi connectivity index (χ1v) is 9.01. The number of carbonyl (C=O) groups is 1. The van der Waals surface area contributed by atoms with Crippen molar-refractivity contribution >= 4 is 33.1 Å². The Morgan fingerprint density at radius 3 is 2.48 bits per heavy atom. The normalized spacial score (nSPS) is 11.3. The Morgan fingerprint density at radius 1 is 1.16 bits per heavy atom. The van der Waals surface area contributed by atoms with Crippen LogP contribution in [0, 0.1) is 0 Å². The third kappa shape index (κ3) is 3.70. The van der Waals surface area contributed by atoms with Gasteiger partial charge in [0.15, 0.2) is 5.78 Å². The maximum atomic E-state index is 12.6. The van der Waals surface area contributed by atoms with Crippen molar-refractivity contribution in [3.8, 4) is 5.69 Å². The molecule has 0 aliphatic rings. The molecular weight excluding hydrogens is 364 g/mol. The zero-order chi connectivity index (χ0) is 18.0. The second-order valence-electron chi connectivity index (χ2n) is 5.19. The van der Waals surface area contributed by atoms with Gasteiger partial charge in [-0.15, -0.1) is 0 Å². The van der Waals surface area contributed by atoms with Gasteiger partial charge in [0.2, 0.25) is 0 Å². The van der Waals surface area contributed by atoms with Gasteiger partial charge < -0.3 is 0 Å². The lowest BCUT2D eigenvalue weighted by atomic mass is 10.2. The van der Waals surface area contributed by atoms with Gasteiger partial charge in [0, 0.05) is 10.6 Å². The second-order valence-corrected chi connectivity index (χ2v) is 7.31. The van der Waals surface area contributed by atoms with Crippen LogP contribution in [0.3, 0.4) is 0 Å². The van der Waals surface area contributed by atoms with E-state index in [2.05, 4.69) is 14.8 Å². The van der Waals surface area contributed by atoms with Crippen LogP contribution in [0.4, 0.5) is 5.69 Å². The molecular formula is C16H13ClN4O3S. The van der Waals surface area contributed by atoms with Crippen molar-refractivity contribution in [1.82, 2.24) is 14.8 Å². The number of ketones is 1. The van der Waals surface area contributed by atoms with Crippen molar-refractivity contribution in [2.75, 3.05) is 4.72 Å². The Hall–Kier alpha value is -2.71. The summed E-state index contributed by atoms with van der Waals surface area (Å²) in [5.74, 6) is -0.139. The monoisotopic (exact) mass is 376 g/mol. The maximum absolute atomic E-state index is 12.6. The second kappa shape index (κ2) is 6.66. The highest BCUT2D eigenvalue weighted by atomic mass is 35.5. The van der Waals surface area contributed by atoms with Gasteiger partial charge in [-0.1, -0.05) is 23.7 Å². The summed E-state index contributed by atoms with van der Waals surface area (Å²) in [5.41, 5.74) is 1.17. The highest BCUT2D eigenvalue weighted by molar-refractivity contribution is 7.92. The smallest absolute Gasteiger partial charge is 0.261 e. The number of sulfonamides is 1. The van der Waals surface area contributed by atoms with Crippen LogP contribution in [-0.2, 0) is 10.0 Å². The van der Waals surface area contributed by atoms with Crippen molar-refractivity contribution in [3.05, 3.63) is 65.7 Å². The predicted molar refractivity (Wildman–Crippen MR) is 93.6 cm³/mol. The topological polar surface area (TPSA) is 94.0 Å². The van der Waals surface area contributed by atoms with Crippen LogP contribution in [0.2, 0.25) is 5.02 Å². The minimum Gasteiger partial charge on any atom is -0.295 e. The molecule has 128 valence electrons. The molecule has 25 heavy (non-hydrogen) atoms. The van der Waals surface area contributed by atoms with E-state index in [-0.39, 0.29) is 16.4 Å². The van der Waals surface area contributed by atoms with Gasteiger partial charge in [-0.3, -0.25) is 9.52 Å². The van der Waals surface area contributed by atoms with Gasteiger partial charge in [0.05, 0.1) is 16.3 Å².